The van der Waals surface area contributed by atoms with Crippen LogP contribution in [0.4, 0.5) is 5.69 Å². The molecule has 2 heterocycles. The van der Waals surface area contributed by atoms with Crippen LogP contribution in [0.2, 0.25) is 0 Å². The maximum atomic E-state index is 13.3. The molecule has 162 valence electrons. The molecule has 31 heavy (non-hydrogen) atoms. The number of aromatic nitrogens is 3. The molecule has 2 N–H and O–H groups in total. The molecule has 1 aliphatic rings. The number of aryl methyl sites for hydroxylation is 1. The molecule has 0 bridgehead atoms. The van der Waals surface area contributed by atoms with E-state index in [4.69, 9.17) is 9.47 Å². The quantitative estimate of drug-likeness (QED) is 0.581. The summed E-state index contributed by atoms with van der Waals surface area (Å²) in [5, 5.41) is 11.7. The summed E-state index contributed by atoms with van der Waals surface area (Å²) >= 11 is 1.40. The van der Waals surface area contributed by atoms with Gasteiger partial charge in [-0.2, -0.15) is 0 Å². The highest BCUT2D eigenvalue weighted by Crippen LogP contribution is 2.38. The monoisotopic (exact) mass is 439 g/mol. The molecule has 0 fully saturated rings. The first-order valence-corrected chi connectivity index (χ1v) is 11.1. The fourth-order valence-electron chi connectivity index (χ4n) is 3.40. The van der Waals surface area contributed by atoms with Gasteiger partial charge in [0.05, 0.1) is 19.8 Å². The van der Waals surface area contributed by atoms with E-state index in [9.17, 15) is 4.79 Å². The number of hydrogen-bond donors (Lipinski definition) is 2. The first-order valence-electron chi connectivity index (χ1n) is 10.2. The van der Waals surface area contributed by atoms with Crippen molar-refractivity contribution in [2.45, 2.75) is 36.7 Å². The number of fused-ring (bicyclic) bond motifs is 1. The van der Waals surface area contributed by atoms with Gasteiger partial charge in [0, 0.05) is 12.1 Å². The molecule has 2 aromatic carbocycles. The van der Waals surface area contributed by atoms with Crippen LogP contribution in [0.1, 0.15) is 31.3 Å². The first kappa shape index (κ1) is 21.0. The van der Waals surface area contributed by atoms with E-state index in [1.165, 1.54) is 11.8 Å². The van der Waals surface area contributed by atoms with Gasteiger partial charge in [-0.15, -0.1) is 10.2 Å². The molecule has 3 aromatic rings. The van der Waals surface area contributed by atoms with Gasteiger partial charge in [-0.25, -0.2) is 4.68 Å². The van der Waals surface area contributed by atoms with Crippen LogP contribution < -0.4 is 20.2 Å². The Morgan fingerprint density at radius 2 is 1.81 bits per heavy atom. The highest BCUT2D eigenvalue weighted by Gasteiger charge is 2.37. The molecular formula is C22H25N5O3S. The lowest BCUT2D eigenvalue weighted by Gasteiger charge is -2.33. The Labute approximate surface area is 185 Å². The molecule has 1 amide bonds. The SMILES string of the molecule is CCOc1ccc([C@@H]2Nn3c(CC)nnc3S[C@@H]2C(=O)Nc2ccc(OC)cc2)cc1. The molecule has 0 spiro atoms. The second-order valence-corrected chi connectivity index (χ2v) is 8.06. The molecule has 0 saturated heterocycles. The third kappa shape index (κ3) is 4.46. The molecule has 0 radical (unpaired) electrons. The third-order valence-corrected chi connectivity index (χ3v) is 6.20. The Morgan fingerprint density at radius 3 is 2.45 bits per heavy atom. The molecule has 0 saturated carbocycles. The number of anilines is 1. The standard InChI is InChI=1S/C22H25N5O3S/c1-4-18-24-25-22-27(18)26-19(14-6-10-17(11-7-14)30-5-2)20(31-22)21(28)23-15-8-12-16(29-3)13-9-15/h6-13,19-20,26H,4-5H2,1-3H3,(H,23,28)/t19-,20-/m0/s1. The van der Waals surface area contributed by atoms with Crippen molar-refractivity contribution in [1.29, 1.82) is 0 Å². The molecule has 1 aliphatic heterocycles. The Hall–Kier alpha value is -3.20. The summed E-state index contributed by atoms with van der Waals surface area (Å²) in [5.74, 6) is 2.24. The number of methoxy groups -OCH3 is 1. The smallest absolute Gasteiger partial charge is 0.240 e. The first-order chi connectivity index (χ1) is 15.1. The number of benzene rings is 2. The van der Waals surface area contributed by atoms with Crippen molar-refractivity contribution in [2.75, 3.05) is 24.5 Å². The van der Waals surface area contributed by atoms with E-state index in [0.717, 1.165) is 29.3 Å². The van der Waals surface area contributed by atoms with Crippen molar-refractivity contribution in [3.8, 4) is 11.5 Å². The lowest BCUT2D eigenvalue weighted by Crippen LogP contribution is -2.41. The molecule has 1 aromatic heterocycles. The zero-order chi connectivity index (χ0) is 21.8. The maximum Gasteiger partial charge on any atom is 0.240 e. The number of nitrogens with one attached hydrogen (secondary N) is 2. The summed E-state index contributed by atoms with van der Waals surface area (Å²) in [6.07, 6.45) is 0.735. The Kier molecular flexibility index (Phi) is 6.31. The van der Waals surface area contributed by atoms with E-state index in [1.807, 2.05) is 67.1 Å². The van der Waals surface area contributed by atoms with Crippen LogP contribution in [0, 0.1) is 0 Å². The summed E-state index contributed by atoms with van der Waals surface area (Å²) in [7, 11) is 1.61. The molecule has 0 aliphatic carbocycles. The lowest BCUT2D eigenvalue weighted by atomic mass is 10.0. The summed E-state index contributed by atoms with van der Waals surface area (Å²) in [6, 6.07) is 14.8. The number of rotatable bonds is 7. The van der Waals surface area contributed by atoms with Crippen LogP contribution >= 0.6 is 11.8 Å². The number of nitrogens with zero attached hydrogens (tertiary/aromatic N) is 3. The molecule has 8 nitrogen and oxygen atoms in total. The lowest BCUT2D eigenvalue weighted by molar-refractivity contribution is -0.116. The van der Waals surface area contributed by atoms with Crippen molar-refractivity contribution < 1.29 is 14.3 Å². The van der Waals surface area contributed by atoms with E-state index < -0.39 is 5.25 Å². The summed E-state index contributed by atoms with van der Waals surface area (Å²) in [4.78, 5) is 13.3. The number of carbonyl (C=O) groups is 1. The summed E-state index contributed by atoms with van der Waals surface area (Å²) in [6.45, 7) is 4.58. The number of ether oxygens (including phenoxy) is 2. The second-order valence-electron chi connectivity index (χ2n) is 6.95. The minimum Gasteiger partial charge on any atom is -0.497 e. The van der Waals surface area contributed by atoms with E-state index in [0.29, 0.717) is 17.5 Å². The highest BCUT2D eigenvalue weighted by molar-refractivity contribution is 8.00. The van der Waals surface area contributed by atoms with Crippen molar-refractivity contribution in [2.24, 2.45) is 0 Å². The van der Waals surface area contributed by atoms with Gasteiger partial charge < -0.3 is 20.2 Å². The van der Waals surface area contributed by atoms with Gasteiger partial charge in [-0.05, 0) is 48.9 Å². The highest BCUT2D eigenvalue weighted by atomic mass is 32.2. The molecule has 4 rings (SSSR count). The average Bonchev–Trinajstić information content (AvgIpc) is 3.21. The second kappa shape index (κ2) is 9.30. The fourth-order valence-corrected chi connectivity index (χ4v) is 4.50. The van der Waals surface area contributed by atoms with E-state index in [1.54, 1.807) is 7.11 Å². The van der Waals surface area contributed by atoms with Crippen molar-refractivity contribution >= 4 is 23.4 Å². The van der Waals surface area contributed by atoms with Gasteiger partial charge in [-0.1, -0.05) is 30.8 Å². The van der Waals surface area contributed by atoms with Crippen molar-refractivity contribution in [3.63, 3.8) is 0 Å². The summed E-state index contributed by atoms with van der Waals surface area (Å²) in [5.41, 5.74) is 5.13. The van der Waals surface area contributed by atoms with Crippen LogP contribution in [-0.4, -0.2) is 39.7 Å². The average molecular weight is 440 g/mol. The van der Waals surface area contributed by atoms with Gasteiger partial charge >= 0.3 is 0 Å². The normalized spacial score (nSPS) is 17.4. The van der Waals surface area contributed by atoms with Crippen LogP contribution in [0.25, 0.3) is 0 Å². The predicted molar refractivity (Wildman–Crippen MR) is 120 cm³/mol. The van der Waals surface area contributed by atoms with Crippen molar-refractivity contribution in [1.82, 2.24) is 14.9 Å². The van der Waals surface area contributed by atoms with Gasteiger partial charge in [0.1, 0.15) is 16.7 Å². The van der Waals surface area contributed by atoms with Crippen LogP contribution in [0.15, 0.2) is 53.7 Å². The van der Waals surface area contributed by atoms with Gasteiger partial charge in [0.25, 0.3) is 0 Å². The largest absolute Gasteiger partial charge is 0.497 e. The minimum atomic E-state index is -0.443. The van der Waals surface area contributed by atoms with Gasteiger partial charge in [0.15, 0.2) is 5.82 Å². The van der Waals surface area contributed by atoms with Gasteiger partial charge in [0.2, 0.25) is 11.1 Å². The maximum absolute atomic E-state index is 13.3. The Bertz CT molecular complexity index is 1040. The fraction of sp³-hybridized carbons (Fsp3) is 0.318. The van der Waals surface area contributed by atoms with Crippen LogP contribution in [0.3, 0.4) is 0 Å². The van der Waals surface area contributed by atoms with E-state index in [-0.39, 0.29) is 11.9 Å². The zero-order valence-corrected chi connectivity index (χ0v) is 18.5. The minimum absolute atomic E-state index is 0.117. The van der Waals surface area contributed by atoms with Crippen LogP contribution in [-0.2, 0) is 11.2 Å². The number of hydrogen-bond acceptors (Lipinski definition) is 7. The Morgan fingerprint density at radius 1 is 1.10 bits per heavy atom. The molecule has 0 unspecified atom stereocenters. The zero-order valence-electron chi connectivity index (χ0n) is 17.7. The predicted octanol–water partition coefficient (Wildman–Crippen LogP) is 3.65. The van der Waals surface area contributed by atoms with Crippen LogP contribution in [0.5, 0.6) is 11.5 Å². The number of carbonyl (C=O) groups excluding carboxylic acids is 1. The van der Waals surface area contributed by atoms with Crippen molar-refractivity contribution in [3.05, 3.63) is 59.9 Å². The summed E-state index contributed by atoms with van der Waals surface area (Å²) < 4.78 is 12.6. The molecular weight excluding hydrogens is 414 g/mol. The number of thioether (sulfide) groups is 1. The van der Waals surface area contributed by atoms with E-state index in [2.05, 4.69) is 20.9 Å². The topological polar surface area (TPSA) is 90.3 Å². The Balaban J connectivity index is 1.62. The molecule has 9 heteroatoms. The van der Waals surface area contributed by atoms with E-state index >= 15 is 0 Å². The molecule has 2 atom stereocenters. The third-order valence-electron chi connectivity index (χ3n) is 4.99. The number of amides is 1. The van der Waals surface area contributed by atoms with Gasteiger partial charge in [-0.3, -0.25) is 4.79 Å².